The number of aryl methyl sites for hydroxylation is 1. The van der Waals surface area contributed by atoms with E-state index in [1.807, 2.05) is 35.7 Å². The van der Waals surface area contributed by atoms with Crippen molar-refractivity contribution in [1.29, 1.82) is 0 Å². The minimum atomic E-state index is -0.0584. The average molecular weight is 377 g/mol. The second kappa shape index (κ2) is 7.79. The van der Waals surface area contributed by atoms with Gasteiger partial charge in [0.15, 0.2) is 5.13 Å². The van der Waals surface area contributed by atoms with Crippen molar-refractivity contribution in [2.24, 2.45) is 0 Å². The first-order chi connectivity index (χ1) is 11.6. The number of nitrogens with one attached hydrogen (secondary N) is 1. The Morgan fingerprint density at radius 1 is 1.12 bits per heavy atom. The van der Waals surface area contributed by atoms with E-state index in [4.69, 9.17) is 23.2 Å². The van der Waals surface area contributed by atoms with Crippen molar-refractivity contribution >= 4 is 45.6 Å². The van der Waals surface area contributed by atoms with Crippen LogP contribution in [0.3, 0.4) is 0 Å². The topological polar surface area (TPSA) is 42.0 Å². The molecule has 0 fully saturated rings. The lowest BCUT2D eigenvalue weighted by Crippen LogP contribution is -2.12. The summed E-state index contributed by atoms with van der Waals surface area (Å²) in [5.74, 6) is -0.0584. The molecule has 1 amide bonds. The van der Waals surface area contributed by atoms with Gasteiger partial charge in [0.25, 0.3) is 0 Å². The molecule has 1 heterocycles. The summed E-state index contributed by atoms with van der Waals surface area (Å²) in [4.78, 5) is 16.5. The van der Waals surface area contributed by atoms with Crippen LogP contribution in [0.2, 0.25) is 10.0 Å². The van der Waals surface area contributed by atoms with E-state index >= 15 is 0 Å². The third-order valence-corrected chi connectivity index (χ3v) is 4.76. The Hall–Kier alpha value is -1.88. The molecular weight excluding hydrogens is 363 g/mol. The number of carbonyl (C=O) groups is 1. The number of rotatable bonds is 5. The Kier molecular flexibility index (Phi) is 5.51. The molecule has 6 heteroatoms. The number of carbonyl (C=O) groups excluding carboxylic acids is 1. The van der Waals surface area contributed by atoms with Crippen LogP contribution < -0.4 is 5.32 Å². The number of benzene rings is 2. The summed E-state index contributed by atoms with van der Waals surface area (Å²) in [7, 11) is 0. The molecule has 3 rings (SSSR count). The predicted octanol–water partition coefficient (Wildman–Crippen LogP) is 5.69. The molecule has 0 radical (unpaired) electrons. The van der Waals surface area contributed by atoms with Crippen LogP contribution in [0.5, 0.6) is 0 Å². The van der Waals surface area contributed by atoms with E-state index in [2.05, 4.69) is 10.3 Å². The molecule has 2 aromatic carbocycles. The second-order valence-electron chi connectivity index (χ2n) is 5.20. The minimum Gasteiger partial charge on any atom is -0.302 e. The minimum absolute atomic E-state index is 0.0584. The highest BCUT2D eigenvalue weighted by atomic mass is 35.5. The van der Waals surface area contributed by atoms with Gasteiger partial charge < -0.3 is 5.32 Å². The van der Waals surface area contributed by atoms with Gasteiger partial charge in [0.2, 0.25) is 5.91 Å². The van der Waals surface area contributed by atoms with E-state index in [-0.39, 0.29) is 5.91 Å². The molecule has 0 atom stereocenters. The van der Waals surface area contributed by atoms with Gasteiger partial charge in [-0.05, 0) is 30.2 Å². The van der Waals surface area contributed by atoms with E-state index in [0.29, 0.717) is 33.7 Å². The molecular formula is C18H14Cl2N2OS. The van der Waals surface area contributed by atoms with Gasteiger partial charge in [-0.25, -0.2) is 4.98 Å². The van der Waals surface area contributed by atoms with Gasteiger partial charge in [-0.3, -0.25) is 4.79 Å². The summed E-state index contributed by atoms with van der Waals surface area (Å²) in [6, 6.07) is 15.1. The summed E-state index contributed by atoms with van der Waals surface area (Å²) in [5.41, 5.74) is 2.59. The first kappa shape index (κ1) is 17.0. The molecule has 1 aromatic heterocycles. The maximum atomic E-state index is 12.1. The van der Waals surface area contributed by atoms with Crippen LogP contribution in [-0.2, 0) is 11.2 Å². The van der Waals surface area contributed by atoms with Gasteiger partial charge in [0.1, 0.15) is 0 Å². The highest BCUT2D eigenvalue weighted by molar-refractivity contribution is 7.14. The highest BCUT2D eigenvalue weighted by Gasteiger charge is 2.11. The first-order valence-electron chi connectivity index (χ1n) is 7.36. The van der Waals surface area contributed by atoms with Crippen LogP contribution in [-0.4, -0.2) is 10.9 Å². The van der Waals surface area contributed by atoms with Crippen molar-refractivity contribution < 1.29 is 4.79 Å². The van der Waals surface area contributed by atoms with Gasteiger partial charge in [-0.15, -0.1) is 11.3 Å². The Bertz CT molecular complexity index is 849. The summed E-state index contributed by atoms with van der Waals surface area (Å²) in [5, 5.41) is 6.40. The van der Waals surface area contributed by atoms with Crippen LogP contribution in [0.25, 0.3) is 11.3 Å². The molecule has 122 valence electrons. The second-order valence-corrected chi connectivity index (χ2v) is 6.90. The van der Waals surface area contributed by atoms with Crippen LogP contribution in [0.4, 0.5) is 5.13 Å². The number of halogens is 2. The third kappa shape index (κ3) is 4.35. The summed E-state index contributed by atoms with van der Waals surface area (Å²) in [6.45, 7) is 0. The van der Waals surface area contributed by atoms with E-state index < -0.39 is 0 Å². The zero-order chi connectivity index (χ0) is 16.9. The highest BCUT2D eigenvalue weighted by Crippen LogP contribution is 2.32. The lowest BCUT2D eigenvalue weighted by molar-refractivity contribution is -0.116. The van der Waals surface area contributed by atoms with Crippen LogP contribution in [0, 0.1) is 0 Å². The third-order valence-electron chi connectivity index (χ3n) is 3.44. The SMILES string of the molecule is O=C(CCc1ccccc1)Nc1nc(-c2cc(Cl)ccc2Cl)cs1. The van der Waals surface area contributed by atoms with Crippen molar-refractivity contribution in [3.63, 3.8) is 0 Å². The first-order valence-corrected chi connectivity index (χ1v) is 9.00. The molecule has 3 aromatic rings. The zero-order valence-electron chi connectivity index (χ0n) is 12.6. The predicted molar refractivity (Wildman–Crippen MR) is 101 cm³/mol. The molecule has 0 saturated carbocycles. The van der Waals surface area contributed by atoms with Gasteiger partial charge in [0, 0.05) is 22.4 Å². The molecule has 0 saturated heterocycles. The van der Waals surface area contributed by atoms with Crippen LogP contribution in [0.1, 0.15) is 12.0 Å². The lowest BCUT2D eigenvalue weighted by Gasteiger charge is -2.03. The fraction of sp³-hybridized carbons (Fsp3) is 0.111. The lowest BCUT2D eigenvalue weighted by atomic mass is 10.1. The van der Waals surface area contributed by atoms with Gasteiger partial charge in [-0.2, -0.15) is 0 Å². The van der Waals surface area contributed by atoms with Crippen molar-refractivity contribution in [2.45, 2.75) is 12.8 Å². The van der Waals surface area contributed by atoms with E-state index in [9.17, 15) is 4.79 Å². The van der Waals surface area contributed by atoms with Gasteiger partial charge in [-0.1, -0.05) is 53.5 Å². The average Bonchev–Trinajstić information content (AvgIpc) is 3.04. The van der Waals surface area contributed by atoms with Crippen molar-refractivity contribution in [1.82, 2.24) is 4.98 Å². The zero-order valence-corrected chi connectivity index (χ0v) is 15.0. The summed E-state index contributed by atoms with van der Waals surface area (Å²) >= 11 is 13.6. The van der Waals surface area contributed by atoms with Crippen LogP contribution in [0.15, 0.2) is 53.9 Å². The standard InChI is InChI=1S/C18H14Cl2N2OS/c19-13-7-8-15(20)14(10-13)16-11-24-18(21-16)22-17(23)9-6-12-4-2-1-3-5-12/h1-5,7-8,10-11H,6,9H2,(H,21,22,23). The molecule has 3 nitrogen and oxygen atoms in total. The quantitative estimate of drug-likeness (QED) is 0.621. The Balaban J connectivity index is 1.63. The van der Waals surface area contributed by atoms with Crippen molar-refractivity contribution in [3.8, 4) is 11.3 Å². The number of hydrogen-bond acceptors (Lipinski definition) is 3. The molecule has 0 aliphatic heterocycles. The number of anilines is 1. The smallest absolute Gasteiger partial charge is 0.226 e. The molecule has 0 aliphatic carbocycles. The van der Waals surface area contributed by atoms with Gasteiger partial charge in [0.05, 0.1) is 10.7 Å². The summed E-state index contributed by atoms with van der Waals surface area (Å²) in [6.07, 6.45) is 1.11. The number of aromatic nitrogens is 1. The Morgan fingerprint density at radius 2 is 1.92 bits per heavy atom. The monoisotopic (exact) mass is 376 g/mol. The number of thiazole rings is 1. The normalized spacial score (nSPS) is 10.6. The molecule has 24 heavy (non-hydrogen) atoms. The summed E-state index contributed by atoms with van der Waals surface area (Å²) < 4.78 is 0. The molecule has 0 bridgehead atoms. The van der Waals surface area contributed by atoms with E-state index in [1.165, 1.54) is 11.3 Å². The maximum Gasteiger partial charge on any atom is 0.226 e. The van der Waals surface area contributed by atoms with E-state index in [0.717, 1.165) is 11.1 Å². The number of hydrogen-bond donors (Lipinski definition) is 1. The number of nitrogens with zero attached hydrogens (tertiary/aromatic N) is 1. The number of amides is 1. The van der Waals surface area contributed by atoms with Crippen LogP contribution >= 0.6 is 34.5 Å². The largest absolute Gasteiger partial charge is 0.302 e. The van der Waals surface area contributed by atoms with E-state index in [1.54, 1.807) is 18.2 Å². The molecule has 0 aliphatic rings. The Morgan fingerprint density at radius 3 is 2.71 bits per heavy atom. The van der Waals surface area contributed by atoms with Crippen molar-refractivity contribution in [2.75, 3.05) is 5.32 Å². The fourth-order valence-corrected chi connectivity index (χ4v) is 3.35. The molecule has 0 spiro atoms. The van der Waals surface area contributed by atoms with Gasteiger partial charge >= 0.3 is 0 Å². The Labute approximate surface area is 154 Å². The maximum absolute atomic E-state index is 12.1. The fourth-order valence-electron chi connectivity index (χ4n) is 2.23. The molecule has 1 N–H and O–H groups in total. The van der Waals surface area contributed by atoms with Crippen molar-refractivity contribution in [3.05, 3.63) is 69.5 Å². The molecule has 0 unspecified atom stereocenters.